The Morgan fingerprint density at radius 2 is 2.20 bits per heavy atom. The van der Waals surface area contributed by atoms with Crippen molar-refractivity contribution in [2.24, 2.45) is 5.92 Å². The van der Waals surface area contributed by atoms with E-state index in [4.69, 9.17) is 10.2 Å². The molecule has 20 heavy (non-hydrogen) atoms. The summed E-state index contributed by atoms with van der Waals surface area (Å²) in [6.45, 7) is 5.45. The highest BCUT2D eigenvalue weighted by Gasteiger charge is 2.30. The average molecular weight is 275 g/mol. The summed E-state index contributed by atoms with van der Waals surface area (Å²) in [5.74, 6) is 0.228. The minimum atomic E-state index is -0.434. The third-order valence-electron chi connectivity index (χ3n) is 3.81. The van der Waals surface area contributed by atoms with Gasteiger partial charge in [-0.1, -0.05) is 13.8 Å². The molecule has 1 aliphatic carbocycles. The summed E-state index contributed by atoms with van der Waals surface area (Å²) < 4.78 is 5.05. The molecule has 1 aromatic carbocycles. The number of H-pyrrole nitrogens is 1. The standard InChI is InChI=1S/C15H21N3O2/c1-9(2)5-6-18(10-3-4-10)13-8-12-14(7-11(13)16)20-15(19)17-12/h7-10H,3-6,16H2,1-2H3,(H,17,19). The smallest absolute Gasteiger partial charge is 0.408 e. The van der Waals surface area contributed by atoms with Gasteiger partial charge >= 0.3 is 5.76 Å². The van der Waals surface area contributed by atoms with Gasteiger partial charge in [0, 0.05) is 18.7 Å². The molecule has 3 N–H and O–H groups in total. The lowest BCUT2D eigenvalue weighted by Gasteiger charge is -2.27. The highest BCUT2D eigenvalue weighted by molar-refractivity contribution is 5.85. The van der Waals surface area contributed by atoms with Crippen LogP contribution in [0.4, 0.5) is 11.4 Å². The third kappa shape index (κ3) is 2.53. The Kier molecular flexibility index (Phi) is 3.20. The summed E-state index contributed by atoms with van der Waals surface area (Å²) in [6, 6.07) is 4.27. The first kappa shape index (κ1) is 13.1. The first-order valence-electron chi connectivity index (χ1n) is 7.23. The van der Waals surface area contributed by atoms with Gasteiger partial charge < -0.3 is 15.1 Å². The van der Waals surface area contributed by atoms with E-state index in [-0.39, 0.29) is 0 Å². The molecule has 0 unspecified atom stereocenters. The number of oxazole rings is 1. The zero-order chi connectivity index (χ0) is 14.3. The average Bonchev–Trinajstić information content (AvgIpc) is 3.12. The highest BCUT2D eigenvalue weighted by Crippen LogP contribution is 2.36. The van der Waals surface area contributed by atoms with Gasteiger partial charge in [-0.2, -0.15) is 0 Å². The van der Waals surface area contributed by atoms with Gasteiger partial charge in [0.05, 0.1) is 16.9 Å². The van der Waals surface area contributed by atoms with E-state index >= 15 is 0 Å². The topological polar surface area (TPSA) is 75.3 Å². The number of anilines is 2. The van der Waals surface area contributed by atoms with Crippen molar-refractivity contribution in [3.63, 3.8) is 0 Å². The number of benzene rings is 1. The Bertz CT molecular complexity index is 667. The maximum Gasteiger partial charge on any atom is 0.417 e. The van der Waals surface area contributed by atoms with Gasteiger partial charge in [0.25, 0.3) is 0 Å². The lowest BCUT2D eigenvalue weighted by atomic mass is 10.1. The van der Waals surface area contributed by atoms with Gasteiger partial charge in [0.2, 0.25) is 0 Å². The van der Waals surface area contributed by atoms with Crippen LogP contribution in [-0.2, 0) is 0 Å². The summed E-state index contributed by atoms with van der Waals surface area (Å²) in [4.78, 5) is 16.3. The molecule has 5 heteroatoms. The molecule has 0 amide bonds. The number of rotatable bonds is 5. The third-order valence-corrected chi connectivity index (χ3v) is 3.81. The highest BCUT2D eigenvalue weighted by atomic mass is 16.4. The van der Waals surface area contributed by atoms with Crippen LogP contribution in [0, 0.1) is 5.92 Å². The molecule has 1 fully saturated rings. The fourth-order valence-electron chi connectivity index (χ4n) is 2.53. The Morgan fingerprint density at radius 3 is 2.85 bits per heavy atom. The van der Waals surface area contributed by atoms with Crippen LogP contribution in [0.2, 0.25) is 0 Å². The number of nitrogens with zero attached hydrogens (tertiary/aromatic N) is 1. The molecule has 5 nitrogen and oxygen atoms in total. The SMILES string of the molecule is CC(C)CCN(c1cc2[nH]c(=O)oc2cc1N)C1CC1. The number of nitrogens with two attached hydrogens (primary N) is 1. The van der Waals surface area contributed by atoms with Gasteiger partial charge in [0.15, 0.2) is 5.58 Å². The second-order valence-corrected chi connectivity index (χ2v) is 6.03. The van der Waals surface area contributed by atoms with E-state index in [1.807, 2.05) is 6.07 Å². The summed E-state index contributed by atoms with van der Waals surface area (Å²) in [5.41, 5.74) is 9.08. The fraction of sp³-hybridized carbons (Fsp3) is 0.533. The Morgan fingerprint density at radius 1 is 1.45 bits per heavy atom. The molecule has 0 aliphatic heterocycles. The predicted molar refractivity (Wildman–Crippen MR) is 81.1 cm³/mol. The van der Waals surface area contributed by atoms with Gasteiger partial charge in [-0.25, -0.2) is 4.79 Å². The second kappa shape index (κ2) is 4.89. The van der Waals surface area contributed by atoms with Crippen LogP contribution in [0.5, 0.6) is 0 Å². The van der Waals surface area contributed by atoms with Crippen LogP contribution in [-0.4, -0.2) is 17.6 Å². The van der Waals surface area contributed by atoms with Gasteiger partial charge in [-0.15, -0.1) is 0 Å². The second-order valence-electron chi connectivity index (χ2n) is 6.03. The number of hydrogen-bond acceptors (Lipinski definition) is 4. The van der Waals surface area contributed by atoms with Crippen molar-refractivity contribution in [1.29, 1.82) is 0 Å². The van der Waals surface area contributed by atoms with Gasteiger partial charge in [-0.05, 0) is 31.2 Å². The van der Waals surface area contributed by atoms with Crippen molar-refractivity contribution >= 4 is 22.5 Å². The van der Waals surface area contributed by atoms with Gasteiger partial charge in [0.1, 0.15) is 0 Å². The van der Waals surface area contributed by atoms with E-state index in [1.54, 1.807) is 6.07 Å². The number of aromatic amines is 1. The molecule has 0 atom stereocenters. The summed E-state index contributed by atoms with van der Waals surface area (Å²) in [6.07, 6.45) is 3.57. The summed E-state index contributed by atoms with van der Waals surface area (Å²) in [5, 5.41) is 0. The van der Waals surface area contributed by atoms with Crippen LogP contribution < -0.4 is 16.4 Å². The molecule has 1 saturated carbocycles. The van der Waals surface area contributed by atoms with E-state index in [2.05, 4.69) is 23.7 Å². The van der Waals surface area contributed by atoms with E-state index in [0.29, 0.717) is 23.2 Å². The summed E-state index contributed by atoms with van der Waals surface area (Å²) in [7, 11) is 0. The minimum absolute atomic E-state index is 0.434. The molecule has 108 valence electrons. The zero-order valence-corrected chi connectivity index (χ0v) is 12.0. The van der Waals surface area contributed by atoms with E-state index < -0.39 is 5.76 Å². The van der Waals surface area contributed by atoms with Crippen LogP contribution in [0.3, 0.4) is 0 Å². The maximum absolute atomic E-state index is 11.3. The fourth-order valence-corrected chi connectivity index (χ4v) is 2.53. The molecule has 3 rings (SSSR count). The lowest BCUT2D eigenvalue weighted by Crippen LogP contribution is -2.28. The number of hydrogen-bond donors (Lipinski definition) is 2. The van der Waals surface area contributed by atoms with Crippen molar-refractivity contribution in [2.75, 3.05) is 17.2 Å². The number of fused-ring (bicyclic) bond motifs is 1. The molecule has 2 aromatic rings. The quantitative estimate of drug-likeness (QED) is 0.823. The summed E-state index contributed by atoms with van der Waals surface area (Å²) >= 11 is 0. The van der Waals surface area contributed by atoms with Crippen LogP contribution in [0.1, 0.15) is 33.1 Å². The van der Waals surface area contributed by atoms with Gasteiger partial charge in [-0.3, -0.25) is 4.98 Å². The molecule has 1 aliphatic rings. The first-order valence-corrected chi connectivity index (χ1v) is 7.23. The number of nitrogens with one attached hydrogen (secondary N) is 1. The van der Waals surface area contributed by atoms with Crippen LogP contribution >= 0.6 is 0 Å². The molecule has 1 heterocycles. The molecule has 0 bridgehead atoms. The van der Waals surface area contributed by atoms with Crippen molar-refractivity contribution < 1.29 is 4.42 Å². The van der Waals surface area contributed by atoms with Crippen molar-refractivity contribution in [3.05, 3.63) is 22.7 Å². The minimum Gasteiger partial charge on any atom is -0.408 e. The molecular formula is C15H21N3O2. The van der Waals surface area contributed by atoms with Crippen LogP contribution in [0.25, 0.3) is 11.1 Å². The van der Waals surface area contributed by atoms with Crippen molar-refractivity contribution in [1.82, 2.24) is 4.98 Å². The lowest BCUT2D eigenvalue weighted by molar-refractivity contribution is 0.555. The number of nitrogen functional groups attached to an aromatic ring is 1. The first-order chi connectivity index (χ1) is 9.54. The Labute approximate surface area is 117 Å². The molecule has 0 saturated heterocycles. The number of aromatic nitrogens is 1. The predicted octanol–water partition coefficient (Wildman–Crippen LogP) is 2.72. The Hall–Kier alpha value is -1.91. The monoisotopic (exact) mass is 275 g/mol. The van der Waals surface area contributed by atoms with Crippen molar-refractivity contribution in [2.45, 2.75) is 39.2 Å². The maximum atomic E-state index is 11.3. The Balaban J connectivity index is 1.96. The molecule has 0 spiro atoms. The molecule has 0 radical (unpaired) electrons. The van der Waals surface area contributed by atoms with E-state index in [1.165, 1.54) is 12.8 Å². The van der Waals surface area contributed by atoms with Crippen molar-refractivity contribution in [3.8, 4) is 0 Å². The normalized spacial score (nSPS) is 15.2. The molecule has 1 aromatic heterocycles. The largest absolute Gasteiger partial charge is 0.417 e. The molecular weight excluding hydrogens is 254 g/mol. The van der Waals surface area contributed by atoms with E-state index in [9.17, 15) is 4.79 Å². The zero-order valence-electron chi connectivity index (χ0n) is 12.0. The van der Waals surface area contributed by atoms with Crippen LogP contribution in [0.15, 0.2) is 21.3 Å². The van der Waals surface area contributed by atoms with E-state index in [0.717, 1.165) is 24.2 Å².